The van der Waals surface area contributed by atoms with Crippen molar-refractivity contribution in [2.75, 3.05) is 12.4 Å². The van der Waals surface area contributed by atoms with Gasteiger partial charge in [-0.25, -0.2) is 0 Å². The maximum absolute atomic E-state index is 11.0. The van der Waals surface area contributed by atoms with Crippen molar-refractivity contribution in [2.24, 2.45) is 10.2 Å². The number of unbranched alkanes of at least 4 members (excludes halogenated alkanes) is 3. The monoisotopic (exact) mass is 319 g/mol. The molecule has 1 N–H and O–H groups in total. The number of rotatable bonds is 8. The van der Waals surface area contributed by atoms with E-state index in [1.165, 1.54) is 31.0 Å². The van der Waals surface area contributed by atoms with Crippen LogP contribution in [-0.2, 0) is 4.79 Å². The van der Waals surface area contributed by atoms with Crippen molar-refractivity contribution in [3.05, 3.63) is 29.8 Å². The molecule has 0 bridgehead atoms. The lowest BCUT2D eigenvalue weighted by atomic mass is 10.2. The predicted molar refractivity (Wildman–Crippen MR) is 91.7 cm³/mol. The maximum atomic E-state index is 11.0. The van der Waals surface area contributed by atoms with Crippen LogP contribution in [0.5, 0.6) is 5.75 Å². The van der Waals surface area contributed by atoms with Gasteiger partial charge in [-0.2, -0.15) is 5.10 Å². The smallest absolute Gasteiger partial charge is 0.236 e. The Morgan fingerprint density at radius 3 is 2.77 bits per heavy atom. The first-order valence-corrected chi connectivity index (χ1v) is 8.53. The highest BCUT2D eigenvalue weighted by atomic mass is 32.2. The fourth-order valence-corrected chi connectivity index (χ4v) is 2.53. The molecule has 1 aliphatic heterocycles. The second-order valence-corrected chi connectivity index (χ2v) is 5.93. The van der Waals surface area contributed by atoms with Crippen molar-refractivity contribution in [2.45, 2.75) is 32.6 Å². The van der Waals surface area contributed by atoms with Crippen molar-refractivity contribution < 1.29 is 9.53 Å². The van der Waals surface area contributed by atoms with Crippen LogP contribution < -0.4 is 10.1 Å². The summed E-state index contributed by atoms with van der Waals surface area (Å²) in [5, 5.41) is 11.1. The molecular formula is C16H21N3O2S. The molecule has 5 nitrogen and oxygen atoms in total. The number of thioether (sulfide) groups is 1. The number of amides is 1. The van der Waals surface area contributed by atoms with E-state index in [0.717, 1.165) is 24.3 Å². The zero-order chi connectivity index (χ0) is 15.6. The normalized spacial score (nSPS) is 16.4. The Labute approximate surface area is 135 Å². The molecule has 0 saturated carbocycles. The van der Waals surface area contributed by atoms with E-state index in [1.54, 1.807) is 6.21 Å². The summed E-state index contributed by atoms with van der Waals surface area (Å²) in [6, 6.07) is 7.73. The van der Waals surface area contributed by atoms with E-state index < -0.39 is 0 Å². The highest BCUT2D eigenvalue weighted by Crippen LogP contribution is 2.12. The Bertz CT molecular complexity index is 541. The number of nitrogens with one attached hydrogen (secondary N) is 1. The first-order valence-electron chi connectivity index (χ1n) is 7.54. The highest BCUT2D eigenvalue weighted by molar-refractivity contribution is 8.15. The van der Waals surface area contributed by atoms with Crippen LogP contribution in [0.15, 0.2) is 34.5 Å². The largest absolute Gasteiger partial charge is 0.494 e. The molecule has 1 aromatic carbocycles. The van der Waals surface area contributed by atoms with Crippen molar-refractivity contribution in [1.29, 1.82) is 0 Å². The molecule has 1 amide bonds. The molecule has 118 valence electrons. The van der Waals surface area contributed by atoms with Crippen molar-refractivity contribution in [3.63, 3.8) is 0 Å². The highest BCUT2D eigenvalue weighted by Gasteiger charge is 2.15. The molecule has 0 unspecified atom stereocenters. The fourth-order valence-electron chi connectivity index (χ4n) is 1.90. The molecule has 22 heavy (non-hydrogen) atoms. The summed E-state index contributed by atoms with van der Waals surface area (Å²) in [6.45, 7) is 2.96. The van der Waals surface area contributed by atoms with Gasteiger partial charge in [0.15, 0.2) is 5.17 Å². The van der Waals surface area contributed by atoms with Gasteiger partial charge in [0, 0.05) is 0 Å². The second kappa shape index (κ2) is 9.25. The Morgan fingerprint density at radius 1 is 1.27 bits per heavy atom. The lowest BCUT2D eigenvalue weighted by Crippen LogP contribution is -2.19. The molecule has 0 atom stereocenters. The molecule has 0 spiro atoms. The quantitative estimate of drug-likeness (QED) is 0.455. The van der Waals surface area contributed by atoms with Gasteiger partial charge in [-0.3, -0.25) is 4.79 Å². The number of hydrogen-bond acceptors (Lipinski definition) is 5. The van der Waals surface area contributed by atoms with E-state index in [-0.39, 0.29) is 5.91 Å². The van der Waals surface area contributed by atoms with E-state index in [1.807, 2.05) is 24.3 Å². The number of carbonyl (C=O) groups excluding carboxylic acids is 1. The molecule has 0 aliphatic carbocycles. The van der Waals surface area contributed by atoms with Crippen LogP contribution in [0.1, 0.15) is 38.2 Å². The van der Waals surface area contributed by atoms with E-state index >= 15 is 0 Å². The summed E-state index contributed by atoms with van der Waals surface area (Å²) in [5.74, 6) is 1.26. The number of hydrogen-bond donors (Lipinski definition) is 1. The molecule has 1 fully saturated rings. The molecular weight excluding hydrogens is 298 g/mol. The van der Waals surface area contributed by atoms with Crippen LogP contribution in [0.3, 0.4) is 0 Å². The van der Waals surface area contributed by atoms with Crippen LogP contribution in [0.25, 0.3) is 0 Å². The van der Waals surface area contributed by atoms with E-state index in [0.29, 0.717) is 10.9 Å². The zero-order valence-electron chi connectivity index (χ0n) is 12.7. The number of ether oxygens (including phenoxy) is 1. The first-order chi connectivity index (χ1) is 10.8. The van der Waals surface area contributed by atoms with Crippen LogP contribution in [0.2, 0.25) is 0 Å². The molecule has 2 rings (SSSR count). The lowest BCUT2D eigenvalue weighted by molar-refractivity contribution is -0.116. The van der Waals surface area contributed by atoms with Crippen LogP contribution >= 0.6 is 11.8 Å². The molecule has 1 aliphatic rings. The number of amidine groups is 1. The van der Waals surface area contributed by atoms with E-state index in [9.17, 15) is 4.79 Å². The Kier molecular flexibility index (Phi) is 6.96. The van der Waals surface area contributed by atoms with Crippen LogP contribution in [0, 0.1) is 0 Å². The topological polar surface area (TPSA) is 63.1 Å². The zero-order valence-corrected chi connectivity index (χ0v) is 13.6. The van der Waals surface area contributed by atoms with Crippen molar-refractivity contribution in [3.8, 4) is 5.75 Å². The number of benzene rings is 1. The minimum Gasteiger partial charge on any atom is -0.494 e. The van der Waals surface area contributed by atoms with Gasteiger partial charge in [0.05, 0.1) is 18.6 Å². The third-order valence-corrected chi connectivity index (χ3v) is 3.95. The summed E-state index contributed by atoms with van der Waals surface area (Å²) >= 11 is 1.36. The average Bonchev–Trinajstić information content (AvgIpc) is 2.94. The standard InChI is InChI=1S/C16H21N3O2S/c1-2-3-4-5-10-21-14-8-6-13(7-9-14)11-17-19-16-18-15(20)12-22-16/h6-9,11H,2-5,10,12H2,1H3,(H,18,19,20). The van der Waals surface area contributed by atoms with Gasteiger partial charge in [0.2, 0.25) is 5.91 Å². The summed E-state index contributed by atoms with van der Waals surface area (Å²) in [7, 11) is 0. The van der Waals surface area contributed by atoms with Crippen LogP contribution in [-0.4, -0.2) is 29.6 Å². The van der Waals surface area contributed by atoms with Crippen molar-refractivity contribution in [1.82, 2.24) is 5.32 Å². The minimum absolute atomic E-state index is 0.0283. The third kappa shape index (κ3) is 5.89. The molecule has 0 radical (unpaired) electrons. The van der Waals surface area contributed by atoms with Gasteiger partial charge in [-0.15, -0.1) is 5.10 Å². The summed E-state index contributed by atoms with van der Waals surface area (Å²) in [4.78, 5) is 11.0. The van der Waals surface area contributed by atoms with E-state index in [2.05, 4.69) is 22.4 Å². The van der Waals surface area contributed by atoms with Gasteiger partial charge < -0.3 is 10.1 Å². The summed E-state index contributed by atoms with van der Waals surface area (Å²) in [5.41, 5.74) is 0.942. The molecule has 1 heterocycles. The van der Waals surface area contributed by atoms with Crippen molar-refractivity contribution >= 4 is 29.1 Å². The van der Waals surface area contributed by atoms with Gasteiger partial charge in [-0.1, -0.05) is 37.9 Å². The fraction of sp³-hybridized carbons (Fsp3) is 0.438. The molecule has 6 heteroatoms. The van der Waals surface area contributed by atoms with E-state index in [4.69, 9.17) is 4.74 Å². The third-order valence-electron chi connectivity index (χ3n) is 3.09. The Morgan fingerprint density at radius 2 is 2.09 bits per heavy atom. The average molecular weight is 319 g/mol. The number of nitrogens with zero attached hydrogens (tertiary/aromatic N) is 2. The Balaban J connectivity index is 1.75. The second-order valence-electron chi connectivity index (χ2n) is 4.96. The maximum Gasteiger partial charge on any atom is 0.236 e. The number of carbonyl (C=O) groups is 1. The summed E-state index contributed by atoms with van der Waals surface area (Å²) < 4.78 is 5.68. The van der Waals surface area contributed by atoms with Gasteiger partial charge in [-0.05, 0) is 36.2 Å². The predicted octanol–water partition coefficient (Wildman–Crippen LogP) is 3.20. The van der Waals surface area contributed by atoms with Crippen LogP contribution in [0.4, 0.5) is 0 Å². The Hall–Kier alpha value is -1.82. The molecule has 1 saturated heterocycles. The first kappa shape index (κ1) is 16.5. The molecule has 1 aromatic rings. The molecule has 0 aromatic heterocycles. The van der Waals surface area contributed by atoms with Gasteiger partial charge in [0.1, 0.15) is 5.75 Å². The minimum atomic E-state index is -0.0283. The summed E-state index contributed by atoms with van der Waals surface area (Å²) in [6.07, 6.45) is 6.47. The lowest BCUT2D eigenvalue weighted by Gasteiger charge is -2.05. The van der Waals surface area contributed by atoms with Gasteiger partial charge in [0.25, 0.3) is 0 Å². The van der Waals surface area contributed by atoms with Gasteiger partial charge >= 0.3 is 0 Å². The SMILES string of the molecule is CCCCCCOc1ccc(C=NN=C2NC(=O)CS2)cc1.